The van der Waals surface area contributed by atoms with Crippen LogP contribution in [0.2, 0.25) is 0 Å². The van der Waals surface area contributed by atoms with E-state index in [1.165, 1.54) is 44.6 Å². The van der Waals surface area contributed by atoms with Gasteiger partial charge in [-0.1, -0.05) is 86.0 Å². The highest BCUT2D eigenvalue weighted by atomic mass is 32.2. The van der Waals surface area contributed by atoms with Crippen molar-refractivity contribution in [2.45, 2.75) is 62.7 Å². The van der Waals surface area contributed by atoms with Crippen LogP contribution in [0.25, 0.3) is 11.3 Å². The summed E-state index contributed by atoms with van der Waals surface area (Å²) < 4.78 is 38.3. The molecular formula is C38H38N2O6S. The van der Waals surface area contributed by atoms with E-state index in [9.17, 15) is 22.6 Å². The van der Waals surface area contributed by atoms with Crippen LogP contribution < -0.4 is 10.2 Å². The Balaban J connectivity index is 1.35. The van der Waals surface area contributed by atoms with E-state index in [-0.39, 0.29) is 11.5 Å². The molecule has 0 saturated heterocycles. The Kier molecular flexibility index (Phi) is 9.56. The van der Waals surface area contributed by atoms with Crippen LogP contribution in [0.1, 0.15) is 77.9 Å². The highest BCUT2D eigenvalue weighted by molar-refractivity contribution is 7.86. The molecular weight excluding hydrogens is 612 g/mol. The van der Waals surface area contributed by atoms with Crippen molar-refractivity contribution in [2.75, 3.05) is 4.90 Å². The second kappa shape index (κ2) is 13.9. The Hall–Kier alpha value is -4.73. The number of amides is 2. The first-order valence-corrected chi connectivity index (χ1v) is 17.5. The van der Waals surface area contributed by atoms with Crippen LogP contribution in [0.5, 0.6) is 0 Å². The minimum Gasteiger partial charge on any atom is -0.440 e. The summed E-state index contributed by atoms with van der Waals surface area (Å²) in [4.78, 5) is 29.1. The van der Waals surface area contributed by atoms with Gasteiger partial charge in [0.25, 0.3) is 16.0 Å². The summed E-state index contributed by atoms with van der Waals surface area (Å²) in [5.41, 5.74) is 4.83. The van der Waals surface area contributed by atoms with Crippen molar-refractivity contribution in [3.63, 3.8) is 0 Å². The second-order valence-electron chi connectivity index (χ2n) is 12.2. The van der Waals surface area contributed by atoms with Gasteiger partial charge in [0, 0.05) is 17.2 Å². The summed E-state index contributed by atoms with van der Waals surface area (Å²) >= 11 is 0. The van der Waals surface area contributed by atoms with E-state index in [1.807, 2.05) is 60.7 Å². The summed E-state index contributed by atoms with van der Waals surface area (Å²) in [5.74, 6) is 0.225. The molecule has 1 saturated carbocycles. The van der Waals surface area contributed by atoms with Gasteiger partial charge in [0.2, 0.25) is 11.8 Å². The van der Waals surface area contributed by atoms with Crippen molar-refractivity contribution in [1.82, 2.24) is 5.32 Å². The highest BCUT2D eigenvalue weighted by Gasteiger charge is 2.31. The molecule has 0 spiro atoms. The monoisotopic (exact) mass is 650 g/mol. The van der Waals surface area contributed by atoms with Crippen LogP contribution in [-0.2, 0) is 21.3 Å². The molecule has 0 bridgehead atoms. The van der Waals surface area contributed by atoms with E-state index < -0.39 is 27.3 Å². The summed E-state index contributed by atoms with van der Waals surface area (Å²) in [6.45, 7) is 1.19. The first-order chi connectivity index (χ1) is 22.7. The second-order valence-corrected chi connectivity index (χ2v) is 14.0. The lowest BCUT2D eigenvalue weighted by Crippen LogP contribution is -2.38. The van der Waals surface area contributed by atoms with Gasteiger partial charge >= 0.3 is 0 Å². The molecule has 3 aliphatic rings. The van der Waals surface area contributed by atoms with Gasteiger partial charge in [0.1, 0.15) is 5.76 Å². The van der Waals surface area contributed by atoms with Crippen LogP contribution >= 0.6 is 0 Å². The van der Waals surface area contributed by atoms with Crippen molar-refractivity contribution in [3.05, 3.63) is 131 Å². The minimum absolute atomic E-state index is 0.167. The van der Waals surface area contributed by atoms with Crippen LogP contribution in [0.15, 0.2) is 114 Å². The number of para-hydroxylation sites is 1. The van der Waals surface area contributed by atoms with Gasteiger partial charge < -0.3 is 9.73 Å². The van der Waals surface area contributed by atoms with E-state index in [0.717, 1.165) is 16.7 Å². The molecule has 2 aliphatic carbocycles. The molecule has 1 heterocycles. The number of benzene rings is 3. The van der Waals surface area contributed by atoms with E-state index in [2.05, 4.69) is 29.6 Å². The fraction of sp³-hybridized carbons (Fsp3) is 0.263. The number of fused-ring (bicyclic) bond motifs is 1. The zero-order valence-electron chi connectivity index (χ0n) is 26.2. The molecule has 1 fully saturated rings. The Morgan fingerprint density at radius 1 is 0.851 bits per heavy atom. The molecule has 9 heteroatoms. The molecule has 3 aromatic rings. The third-order valence-electron chi connectivity index (χ3n) is 9.03. The first-order valence-electron chi connectivity index (χ1n) is 16.0. The standard InChI is InChI=1S/C38H38N2O6S/c1-26(47(43,44)45)39-37(41)32-17-15-27(16-18-32)25-34(30-21-19-29(20-22-30)28-9-4-2-5-10-28)38(42)40(33-12-6-3-7-13-33)36-24-23-31-11-8-14-35(31)46-36/h3,6-8,11-24,26,28,34H,2,4-5,9-10,25H2,1H3,(H,39,41)(H,43,44,45). The summed E-state index contributed by atoms with van der Waals surface area (Å²) in [7, 11) is -4.43. The quantitative estimate of drug-likeness (QED) is 0.148. The molecule has 2 amide bonds. The van der Waals surface area contributed by atoms with E-state index in [0.29, 0.717) is 29.7 Å². The largest absolute Gasteiger partial charge is 0.440 e. The van der Waals surface area contributed by atoms with Gasteiger partial charge in [0.15, 0.2) is 5.37 Å². The van der Waals surface area contributed by atoms with Crippen molar-refractivity contribution < 1.29 is 27.0 Å². The van der Waals surface area contributed by atoms with E-state index in [1.54, 1.807) is 29.2 Å². The number of carbonyl (C=O) groups excluding carboxylic acids is 2. The number of nitrogens with one attached hydrogen (secondary N) is 1. The summed E-state index contributed by atoms with van der Waals surface area (Å²) in [5, 5.41) is 0.838. The lowest BCUT2D eigenvalue weighted by Gasteiger charge is -2.28. The normalized spacial score (nSPS) is 15.2. The third kappa shape index (κ3) is 7.48. The van der Waals surface area contributed by atoms with Crippen molar-refractivity contribution in [2.24, 2.45) is 0 Å². The van der Waals surface area contributed by atoms with Gasteiger partial charge in [-0.2, -0.15) is 8.42 Å². The maximum absolute atomic E-state index is 14.8. The number of nitrogens with zero attached hydrogens (tertiary/aromatic N) is 1. The lowest BCUT2D eigenvalue weighted by atomic mass is 9.82. The van der Waals surface area contributed by atoms with Crippen LogP contribution in [0, 0.1) is 0 Å². The third-order valence-corrected chi connectivity index (χ3v) is 10.0. The van der Waals surface area contributed by atoms with Crippen LogP contribution in [-0.4, -0.2) is 30.2 Å². The fourth-order valence-corrected chi connectivity index (χ4v) is 6.58. The first kappa shape index (κ1) is 32.2. The maximum Gasteiger partial charge on any atom is 0.285 e. The number of hydrogen-bond donors (Lipinski definition) is 2. The lowest BCUT2D eigenvalue weighted by molar-refractivity contribution is -0.119. The van der Waals surface area contributed by atoms with Gasteiger partial charge in [-0.05, 0) is 85.2 Å². The molecule has 47 heavy (non-hydrogen) atoms. The average molecular weight is 651 g/mol. The Labute approximate surface area is 275 Å². The van der Waals surface area contributed by atoms with Crippen molar-refractivity contribution >= 4 is 33.5 Å². The van der Waals surface area contributed by atoms with E-state index >= 15 is 0 Å². The molecule has 1 aliphatic heterocycles. The summed E-state index contributed by atoms with van der Waals surface area (Å²) in [6, 6.07) is 34.1. The SMILES string of the molecule is CC(NC(=O)c1ccc(CC(C(=O)N(c2ccccc2)c2ccc3cccc-3o2)c2ccc(C3CCCCC3)cc2)cc1)S(=O)(=O)O. The number of carbonyl (C=O) groups is 2. The molecule has 2 N–H and O–H groups in total. The molecule has 0 aromatic heterocycles. The fourth-order valence-electron chi connectivity index (χ4n) is 6.33. The molecule has 2 unspecified atom stereocenters. The Morgan fingerprint density at radius 3 is 2.23 bits per heavy atom. The molecule has 2 atom stereocenters. The molecule has 0 radical (unpaired) electrons. The zero-order valence-corrected chi connectivity index (χ0v) is 27.0. The Morgan fingerprint density at radius 2 is 1.55 bits per heavy atom. The molecule has 3 aromatic carbocycles. The zero-order chi connectivity index (χ0) is 33.0. The van der Waals surface area contributed by atoms with Crippen molar-refractivity contribution in [1.29, 1.82) is 0 Å². The summed E-state index contributed by atoms with van der Waals surface area (Å²) in [6.07, 6.45) is 6.45. The minimum atomic E-state index is -4.43. The molecule has 6 rings (SSSR count). The number of anilines is 2. The predicted octanol–water partition coefficient (Wildman–Crippen LogP) is 8.09. The highest BCUT2D eigenvalue weighted by Crippen LogP contribution is 2.37. The number of rotatable bonds is 10. The average Bonchev–Trinajstić information content (AvgIpc) is 3.56. The van der Waals surface area contributed by atoms with Crippen molar-refractivity contribution in [3.8, 4) is 11.3 Å². The molecule has 8 nitrogen and oxygen atoms in total. The van der Waals surface area contributed by atoms with Gasteiger partial charge in [-0.15, -0.1) is 0 Å². The molecule has 242 valence electrons. The Bertz CT molecular complexity index is 1900. The van der Waals surface area contributed by atoms with Crippen LogP contribution in [0.3, 0.4) is 0 Å². The predicted molar refractivity (Wildman–Crippen MR) is 183 cm³/mol. The van der Waals surface area contributed by atoms with Crippen LogP contribution in [0.4, 0.5) is 11.6 Å². The van der Waals surface area contributed by atoms with Gasteiger partial charge in [0.05, 0.1) is 11.6 Å². The topological polar surface area (TPSA) is 117 Å². The van der Waals surface area contributed by atoms with Gasteiger partial charge in [-0.25, -0.2) is 0 Å². The van der Waals surface area contributed by atoms with E-state index in [4.69, 9.17) is 4.42 Å². The smallest absolute Gasteiger partial charge is 0.285 e. The van der Waals surface area contributed by atoms with Gasteiger partial charge in [-0.3, -0.25) is 19.0 Å². The maximum atomic E-state index is 14.8. The number of hydrogen-bond acceptors (Lipinski definition) is 5.